The van der Waals surface area contributed by atoms with Crippen molar-refractivity contribution in [2.24, 2.45) is 5.92 Å². The van der Waals surface area contributed by atoms with Gasteiger partial charge in [0, 0.05) is 12.3 Å². The zero-order valence-electron chi connectivity index (χ0n) is 7.66. The second kappa shape index (κ2) is 3.31. The summed E-state index contributed by atoms with van der Waals surface area (Å²) in [6.07, 6.45) is -0.664. The lowest BCUT2D eigenvalue weighted by Gasteiger charge is -2.09. The third-order valence-electron chi connectivity index (χ3n) is 2.65. The van der Waals surface area contributed by atoms with Crippen molar-refractivity contribution < 1.29 is 13.9 Å². The van der Waals surface area contributed by atoms with E-state index in [2.05, 4.69) is 0 Å². The molecule has 1 aliphatic carbocycles. The summed E-state index contributed by atoms with van der Waals surface area (Å²) in [4.78, 5) is 0. The van der Waals surface area contributed by atoms with E-state index in [1.807, 2.05) is 6.07 Å². The Morgan fingerprint density at radius 3 is 2.43 bits per heavy atom. The van der Waals surface area contributed by atoms with Gasteiger partial charge in [0.1, 0.15) is 0 Å². The lowest BCUT2D eigenvalue weighted by Crippen LogP contribution is -2.02. The second-order valence-electron chi connectivity index (χ2n) is 3.82. The summed E-state index contributed by atoms with van der Waals surface area (Å²) in [6, 6.07) is 8.94. The smallest absolute Gasteiger partial charge is 0.251 e. The summed E-state index contributed by atoms with van der Waals surface area (Å²) in [5, 5.41) is 9.63. The van der Waals surface area contributed by atoms with Crippen LogP contribution < -0.4 is 0 Å². The average molecular weight is 198 g/mol. The summed E-state index contributed by atoms with van der Waals surface area (Å²) in [5.41, 5.74) is 0.718. The van der Waals surface area contributed by atoms with Gasteiger partial charge in [0.25, 0.3) is 5.92 Å². The number of halogens is 2. The van der Waals surface area contributed by atoms with Crippen molar-refractivity contribution in [1.82, 2.24) is 0 Å². The Kier molecular flexibility index (Phi) is 2.27. The molecular weight excluding hydrogens is 186 g/mol. The summed E-state index contributed by atoms with van der Waals surface area (Å²) < 4.78 is 25.1. The maximum Gasteiger partial charge on any atom is 0.251 e. The molecule has 0 aromatic heterocycles. The fourth-order valence-corrected chi connectivity index (χ4v) is 1.61. The van der Waals surface area contributed by atoms with Crippen LogP contribution in [0.25, 0.3) is 0 Å². The first-order chi connectivity index (χ1) is 6.59. The van der Waals surface area contributed by atoms with Crippen LogP contribution in [0.1, 0.15) is 24.5 Å². The number of aliphatic hydroxyl groups is 1. The van der Waals surface area contributed by atoms with E-state index in [0.29, 0.717) is 0 Å². The molecule has 0 bridgehead atoms. The molecule has 1 N–H and O–H groups in total. The van der Waals surface area contributed by atoms with Gasteiger partial charge in [-0.2, -0.15) is 0 Å². The summed E-state index contributed by atoms with van der Waals surface area (Å²) >= 11 is 0. The monoisotopic (exact) mass is 198 g/mol. The van der Waals surface area contributed by atoms with E-state index < -0.39 is 17.9 Å². The van der Waals surface area contributed by atoms with E-state index in [4.69, 9.17) is 0 Å². The van der Waals surface area contributed by atoms with Gasteiger partial charge in [-0.1, -0.05) is 30.3 Å². The highest BCUT2D eigenvalue weighted by Gasteiger charge is 2.56. The number of alkyl halides is 2. The van der Waals surface area contributed by atoms with Crippen molar-refractivity contribution in [2.45, 2.75) is 24.9 Å². The SMILES string of the molecule is OC(CC1CC1(F)F)c1ccccc1. The van der Waals surface area contributed by atoms with Crippen LogP contribution in [0, 0.1) is 5.92 Å². The maximum absolute atomic E-state index is 12.6. The molecule has 1 nitrogen and oxygen atoms in total. The lowest BCUT2D eigenvalue weighted by atomic mass is 10.0. The minimum atomic E-state index is -2.53. The van der Waals surface area contributed by atoms with Crippen LogP contribution in [0.2, 0.25) is 0 Å². The molecule has 0 spiro atoms. The van der Waals surface area contributed by atoms with Gasteiger partial charge in [-0.05, 0) is 12.0 Å². The van der Waals surface area contributed by atoms with E-state index in [1.165, 1.54) is 0 Å². The Balaban J connectivity index is 1.94. The molecule has 76 valence electrons. The third-order valence-corrected chi connectivity index (χ3v) is 2.65. The van der Waals surface area contributed by atoms with E-state index in [9.17, 15) is 13.9 Å². The molecule has 1 aromatic carbocycles. The first-order valence-electron chi connectivity index (χ1n) is 4.70. The summed E-state index contributed by atoms with van der Waals surface area (Å²) in [6.45, 7) is 0. The molecule has 2 atom stereocenters. The van der Waals surface area contributed by atoms with Crippen LogP contribution in [0.5, 0.6) is 0 Å². The molecule has 0 saturated heterocycles. The van der Waals surface area contributed by atoms with Crippen molar-refractivity contribution in [3.8, 4) is 0 Å². The molecule has 2 unspecified atom stereocenters. The molecular formula is C11H12F2O. The number of benzene rings is 1. The molecule has 2 rings (SSSR count). The Morgan fingerprint density at radius 1 is 1.36 bits per heavy atom. The quantitative estimate of drug-likeness (QED) is 0.791. The topological polar surface area (TPSA) is 20.2 Å². The summed E-state index contributed by atoms with van der Waals surface area (Å²) in [5.74, 6) is -3.16. The molecule has 0 heterocycles. The van der Waals surface area contributed by atoms with Crippen LogP contribution in [0.3, 0.4) is 0 Å². The van der Waals surface area contributed by atoms with Gasteiger partial charge < -0.3 is 5.11 Å². The highest BCUT2D eigenvalue weighted by molar-refractivity contribution is 5.18. The highest BCUT2D eigenvalue weighted by Crippen LogP contribution is 2.52. The first-order valence-corrected chi connectivity index (χ1v) is 4.70. The standard InChI is InChI=1S/C11H12F2O/c12-11(13)7-9(11)6-10(14)8-4-2-1-3-5-8/h1-5,9-10,14H,6-7H2. The molecule has 0 radical (unpaired) electrons. The Hall–Kier alpha value is -0.960. The zero-order chi connectivity index (χ0) is 10.2. The molecule has 0 aliphatic heterocycles. The van der Waals surface area contributed by atoms with Crippen molar-refractivity contribution in [3.05, 3.63) is 35.9 Å². The van der Waals surface area contributed by atoms with Crippen molar-refractivity contribution in [1.29, 1.82) is 0 Å². The fourth-order valence-electron chi connectivity index (χ4n) is 1.61. The minimum absolute atomic E-state index is 0.0725. The highest BCUT2D eigenvalue weighted by atomic mass is 19.3. The van der Waals surface area contributed by atoms with Gasteiger partial charge in [-0.25, -0.2) is 8.78 Å². The maximum atomic E-state index is 12.6. The number of rotatable bonds is 3. The van der Waals surface area contributed by atoms with Gasteiger partial charge in [-0.15, -0.1) is 0 Å². The molecule has 14 heavy (non-hydrogen) atoms. The van der Waals surface area contributed by atoms with Crippen LogP contribution >= 0.6 is 0 Å². The average Bonchev–Trinajstić information content (AvgIpc) is 2.75. The molecule has 1 saturated carbocycles. The van der Waals surface area contributed by atoms with Crippen molar-refractivity contribution in [2.75, 3.05) is 0 Å². The fraction of sp³-hybridized carbons (Fsp3) is 0.455. The Labute approximate surface area is 81.4 Å². The van der Waals surface area contributed by atoms with E-state index in [1.54, 1.807) is 24.3 Å². The van der Waals surface area contributed by atoms with Gasteiger partial charge in [-0.3, -0.25) is 0 Å². The Bertz CT molecular complexity index is 310. The van der Waals surface area contributed by atoms with E-state index in [0.717, 1.165) is 5.56 Å². The number of aliphatic hydroxyl groups excluding tert-OH is 1. The number of hydrogen-bond acceptors (Lipinski definition) is 1. The zero-order valence-corrected chi connectivity index (χ0v) is 7.66. The predicted octanol–water partition coefficient (Wildman–Crippen LogP) is 2.77. The number of hydrogen-bond donors (Lipinski definition) is 1. The second-order valence-corrected chi connectivity index (χ2v) is 3.82. The van der Waals surface area contributed by atoms with Crippen LogP contribution in [0.15, 0.2) is 30.3 Å². The minimum Gasteiger partial charge on any atom is -0.388 e. The lowest BCUT2D eigenvalue weighted by molar-refractivity contribution is 0.0768. The van der Waals surface area contributed by atoms with Crippen LogP contribution in [-0.2, 0) is 0 Å². The molecule has 1 aliphatic rings. The van der Waals surface area contributed by atoms with Gasteiger partial charge in [0.15, 0.2) is 0 Å². The van der Waals surface area contributed by atoms with Gasteiger partial charge in [0.05, 0.1) is 6.10 Å². The summed E-state index contributed by atoms with van der Waals surface area (Å²) in [7, 11) is 0. The molecule has 3 heteroatoms. The molecule has 1 aromatic rings. The first kappa shape index (κ1) is 9.59. The van der Waals surface area contributed by atoms with Gasteiger partial charge >= 0.3 is 0 Å². The predicted molar refractivity (Wildman–Crippen MR) is 49.1 cm³/mol. The third kappa shape index (κ3) is 1.93. The Morgan fingerprint density at radius 2 is 1.93 bits per heavy atom. The van der Waals surface area contributed by atoms with Crippen LogP contribution in [-0.4, -0.2) is 11.0 Å². The largest absolute Gasteiger partial charge is 0.388 e. The normalized spacial score (nSPS) is 25.8. The van der Waals surface area contributed by atoms with Gasteiger partial charge in [0.2, 0.25) is 0 Å². The molecule has 0 amide bonds. The van der Waals surface area contributed by atoms with E-state index in [-0.39, 0.29) is 12.8 Å². The van der Waals surface area contributed by atoms with E-state index >= 15 is 0 Å². The molecule has 1 fully saturated rings. The van der Waals surface area contributed by atoms with Crippen molar-refractivity contribution in [3.63, 3.8) is 0 Å². The van der Waals surface area contributed by atoms with Crippen LogP contribution in [0.4, 0.5) is 8.78 Å². The van der Waals surface area contributed by atoms with Crippen molar-refractivity contribution >= 4 is 0 Å².